The highest BCUT2D eigenvalue weighted by Crippen LogP contribution is 2.32. The van der Waals surface area contributed by atoms with Gasteiger partial charge in [0.1, 0.15) is 17.2 Å². The summed E-state index contributed by atoms with van der Waals surface area (Å²) in [6, 6.07) is 17.3. The number of esters is 1. The Morgan fingerprint density at radius 1 is 1.03 bits per heavy atom. The van der Waals surface area contributed by atoms with Crippen LogP contribution in [0.3, 0.4) is 0 Å². The number of hydrogen-bond donors (Lipinski definition) is 1. The van der Waals surface area contributed by atoms with Crippen LogP contribution in [0.5, 0.6) is 17.2 Å². The Morgan fingerprint density at radius 3 is 2.31 bits per heavy atom. The lowest BCUT2D eigenvalue weighted by Crippen LogP contribution is -2.25. The number of nitrogens with zero attached hydrogens (tertiary/aromatic N) is 1. The minimum Gasteiger partial charge on any atom is -0.497 e. The number of hydrazone groups is 1. The van der Waals surface area contributed by atoms with E-state index in [1.165, 1.54) is 6.21 Å². The molecule has 3 aromatic carbocycles. The van der Waals surface area contributed by atoms with Crippen LogP contribution in [-0.2, 0) is 4.79 Å². The second-order valence-electron chi connectivity index (χ2n) is 8.06. The fourth-order valence-electron chi connectivity index (χ4n) is 3.12. The Balaban J connectivity index is 1.50. The largest absolute Gasteiger partial charge is 0.497 e. The first-order valence-corrected chi connectivity index (χ1v) is 11.8. The van der Waals surface area contributed by atoms with Crippen LogP contribution in [0.1, 0.15) is 46.8 Å². The zero-order valence-electron chi connectivity index (χ0n) is 20.0. The van der Waals surface area contributed by atoms with Crippen molar-refractivity contribution in [2.24, 2.45) is 5.10 Å². The molecule has 35 heavy (non-hydrogen) atoms. The van der Waals surface area contributed by atoms with E-state index in [4.69, 9.17) is 14.2 Å². The summed E-state index contributed by atoms with van der Waals surface area (Å²) in [6.07, 6.45) is 1.50. The fraction of sp³-hybridized carbons (Fsp3) is 0.222. The van der Waals surface area contributed by atoms with Crippen LogP contribution in [0.25, 0.3) is 0 Å². The number of benzene rings is 3. The Bertz CT molecular complexity index is 1210. The molecule has 1 amide bonds. The summed E-state index contributed by atoms with van der Waals surface area (Å²) in [5.41, 5.74) is 5.64. The molecule has 3 aromatic rings. The van der Waals surface area contributed by atoms with Gasteiger partial charge in [-0.05, 0) is 90.2 Å². The van der Waals surface area contributed by atoms with Crippen molar-refractivity contribution in [3.05, 3.63) is 87.4 Å². The summed E-state index contributed by atoms with van der Waals surface area (Å²) in [5.74, 6) is 1.14. The standard InChI is InChI=1S/C27H27BrN2O5/c1-17(2)23-14-24(28)18(3)13-25(23)34-16-26(31)30-29-15-19-5-9-22(10-6-19)35-27(32)20-7-11-21(33-4)12-8-20/h5-15,17H,16H2,1-4H3,(H,30,31)/b29-15+. The number of ether oxygens (including phenoxy) is 3. The van der Waals surface area contributed by atoms with Gasteiger partial charge < -0.3 is 14.2 Å². The van der Waals surface area contributed by atoms with E-state index in [-0.39, 0.29) is 18.4 Å². The van der Waals surface area contributed by atoms with Gasteiger partial charge in [0.05, 0.1) is 18.9 Å². The van der Waals surface area contributed by atoms with E-state index in [0.717, 1.165) is 21.2 Å². The maximum Gasteiger partial charge on any atom is 0.343 e. The molecular formula is C27H27BrN2O5. The minimum absolute atomic E-state index is 0.154. The molecule has 3 rings (SSSR count). The predicted octanol–water partition coefficient (Wildman–Crippen LogP) is 5.64. The topological polar surface area (TPSA) is 86.2 Å². The van der Waals surface area contributed by atoms with E-state index >= 15 is 0 Å². The molecule has 7 nitrogen and oxygen atoms in total. The summed E-state index contributed by atoms with van der Waals surface area (Å²) in [7, 11) is 1.56. The first-order valence-electron chi connectivity index (χ1n) is 11.0. The molecule has 1 N–H and O–H groups in total. The lowest BCUT2D eigenvalue weighted by Gasteiger charge is -2.15. The molecule has 0 saturated heterocycles. The van der Waals surface area contributed by atoms with Crippen LogP contribution in [0.15, 0.2) is 70.2 Å². The van der Waals surface area contributed by atoms with E-state index in [1.54, 1.807) is 55.6 Å². The first kappa shape index (κ1) is 26.0. The number of amides is 1. The molecule has 0 saturated carbocycles. The number of methoxy groups -OCH3 is 1. The lowest BCUT2D eigenvalue weighted by molar-refractivity contribution is -0.123. The SMILES string of the molecule is COc1ccc(C(=O)Oc2ccc(/C=N/NC(=O)COc3cc(C)c(Br)cc3C(C)C)cc2)cc1. The van der Waals surface area contributed by atoms with E-state index in [0.29, 0.717) is 22.8 Å². The van der Waals surface area contributed by atoms with Gasteiger partial charge in [-0.15, -0.1) is 0 Å². The van der Waals surface area contributed by atoms with Crippen LogP contribution >= 0.6 is 15.9 Å². The van der Waals surface area contributed by atoms with Crippen LogP contribution < -0.4 is 19.6 Å². The van der Waals surface area contributed by atoms with Gasteiger partial charge in [-0.1, -0.05) is 29.8 Å². The Hall–Kier alpha value is -3.65. The van der Waals surface area contributed by atoms with E-state index in [9.17, 15) is 9.59 Å². The molecule has 0 atom stereocenters. The Labute approximate surface area is 213 Å². The number of carbonyl (C=O) groups excluding carboxylic acids is 2. The quantitative estimate of drug-likeness (QED) is 0.165. The third kappa shape index (κ3) is 7.42. The molecule has 0 aromatic heterocycles. The van der Waals surface area contributed by atoms with Crippen molar-refractivity contribution in [2.45, 2.75) is 26.7 Å². The van der Waals surface area contributed by atoms with Crippen LogP contribution in [0.4, 0.5) is 0 Å². The Kier molecular flexibility index (Phi) is 9.03. The number of halogens is 1. The van der Waals surface area contributed by atoms with E-state index in [1.807, 2.05) is 19.1 Å². The van der Waals surface area contributed by atoms with Crippen LogP contribution in [0, 0.1) is 6.92 Å². The van der Waals surface area contributed by atoms with E-state index in [2.05, 4.69) is 40.3 Å². The van der Waals surface area contributed by atoms with Crippen molar-refractivity contribution >= 4 is 34.0 Å². The van der Waals surface area contributed by atoms with Gasteiger partial charge >= 0.3 is 5.97 Å². The Morgan fingerprint density at radius 2 is 1.69 bits per heavy atom. The van der Waals surface area contributed by atoms with Crippen molar-refractivity contribution in [3.8, 4) is 17.2 Å². The highest BCUT2D eigenvalue weighted by molar-refractivity contribution is 9.10. The molecule has 0 aliphatic rings. The summed E-state index contributed by atoms with van der Waals surface area (Å²) in [6.45, 7) is 5.95. The molecule has 0 bridgehead atoms. The van der Waals surface area contributed by atoms with Crippen molar-refractivity contribution in [1.29, 1.82) is 0 Å². The molecule has 0 fully saturated rings. The van der Waals surface area contributed by atoms with Crippen LogP contribution in [-0.4, -0.2) is 31.8 Å². The summed E-state index contributed by atoms with van der Waals surface area (Å²) < 4.78 is 17.2. The maximum atomic E-state index is 12.3. The highest BCUT2D eigenvalue weighted by Gasteiger charge is 2.12. The average Bonchev–Trinajstić information content (AvgIpc) is 2.85. The van der Waals surface area contributed by atoms with Gasteiger partial charge in [0.2, 0.25) is 0 Å². The molecule has 0 radical (unpaired) electrons. The van der Waals surface area contributed by atoms with Gasteiger partial charge in [0.15, 0.2) is 6.61 Å². The van der Waals surface area contributed by atoms with Crippen molar-refractivity contribution in [1.82, 2.24) is 5.43 Å². The number of carbonyl (C=O) groups is 2. The van der Waals surface area contributed by atoms with Crippen molar-refractivity contribution < 1.29 is 23.8 Å². The van der Waals surface area contributed by atoms with E-state index < -0.39 is 5.97 Å². The van der Waals surface area contributed by atoms with Gasteiger partial charge in [0, 0.05) is 4.47 Å². The normalized spacial score (nSPS) is 10.9. The average molecular weight is 539 g/mol. The zero-order valence-corrected chi connectivity index (χ0v) is 21.6. The molecule has 0 aliphatic carbocycles. The van der Waals surface area contributed by atoms with Gasteiger partial charge in [0.25, 0.3) is 5.91 Å². The molecule has 0 aliphatic heterocycles. The molecule has 182 valence electrons. The molecule has 0 heterocycles. The third-order valence-corrected chi connectivity index (χ3v) is 5.95. The smallest absolute Gasteiger partial charge is 0.343 e. The molecule has 0 spiro atoms. The predicted molar refractivity (Wildman–Crippen MR) is 139 cm³/mol. The summed E-state index contributed by atoms with van der Waals surface area (Å²) >= 11 is 3.53. The van der Waals surface area contributed by atoms with Crippen LogP contribution in [0.2, 0.25) is 0 Å². The zero-order chi connectivity index (χ0) is 25.4. The van der Waals surface area contributed by atoms with Gasteiger partial charge in [-0.25, -0.2) is 10.2 Å². The number of rotatable bonds is 9. The minimum atomic E-state index is -0.470. The molecular weight excluding hydrogens is 512 g/mol. The van der Waals surface area contributed by atoms with Crippen molar-refractivity contribution in [3.63, 3.8) is 0 Å². The third-order valence-electron chi connectivity index (χ3n) is 5.09. The first-order chi connectivity index (χ1) is 16.8. The number of hydrogen-bond acceptors (Lipinski definition) is 6. The second kappa shape index (κ2) is 12.2. The lowest BCUT2D eigenvalue weighted by atomic mass is 10.0. The number of aryl methyl sites for hydroxylation is 1. The number of nitrogens with one attached hydrogen (secondary N) is 1. The second-order valence-corrected chi connectivity index (χ2v) is 8.92. The molecule has 8 heteroatoms. The summed E-state index contributed by atoms with van der Waals surface area (Å²) in [4.78, 5) is 24.4. The molecule has 0 unspecified atom stereocenters. The summed E-state index contributed by atoms with van der Waals surface area (Å²) in [5, 5.41) is 3.97. The monoisotopic (exact) mass is 538 g/mol. The maximum absolute atomic E-state index is 12.3. The van der Waals surface area contributed by atoms with Crippen molar-refractivity contribution in [2.75, 3.05) is 13.7 Å². The highest BCUT2D eigenvalue weighted by atomic mass is 79.9. The van der Waals surface area contributed by atoms with Gasteiger partial charge in [-0.3, -0.25) is 4.79 Å². The fourth-order valence-corrected chi connectivity index (χ4v) is 3.48. The van der Waals surface area contributed by atoms with Gasteiger partial charge in [-0.2, -0.15) is 5.10 Å².